The van der Waals surface area contributed by atoms with E-state index < -0.39 is 0 Å². The molecule has 2 heterocycles. The van der Waals surface area contributed by atoms with Gasteiger partial charge in [0, 0.05) is 17.2 Å². The lowest BCUT2D eigenvalue weighted by molar-refractivity contribution is 0.0948. The predicted molar refractivity (Wildman–Crippen MR) is 125 cm³/mol. The van der Waals surface area contributed by atoms with E-state index in [0.29, 0.717) is 29.5 Å². The lowest BCUT2D eigenvalue weighted by Crippen LogP contribution is -2.28. The molecule has 0 aliphatic rings. The summed E-state index contributed by atoms with van der Waals surface area (Å²) in [4.78, 5) is 12.7. The van der Waals surface area contributed by atoms with Crippen LogP contribution in [-0.4, -0.2) is 46.0 Å². The van der Waals surface area contributed by atoms with Crippen LogP contribution in [0.5, 0.6) is 11.6 Å². The molecule has 0 aliphatic heterocycles. The van der Waals surface area contributed by atoms with Crippen molar-refractivity contribution in [3.05, 3.63) is 84.4 Å². The second kappa shape index (κ2) is 8.96. The van der Waals surface area contributed by atoms with Crippen molar-refractivity contribution in [3.63, 3.8) is 0 Å². The average Bonchev–Trinajstić information content (AvgIpc) is 3.29. The zero-order valence-electron chi connectivity index (χ0n) is 17.9. The van der Waals surface area contributed by atoms with Gasteiger partial charge in [0.2, 0.25) is 5.88 Å². The highest BCUT2D eigenvalue weighted by Crippen LogP contribution is 2.23. The molecule has 8 heteroatoms. The molecule has 0 aliphatic carbocycles. The minimum atomic E-state index is -0.141. The number of rotatable bonds is 7. The van der Waals surface area contributed by atoms with Crippen molar-refractivity contribution in [2.75, 3.05) is 20.3 Å². The summed E-state index contributed by atoms with van der Waals surface area (Å²) in [7, 11) is 1.62. The SMILES string of the molecule is COc1cccc(-c2nnc3ccc(OCCNC(=O)c4cccc5ccccc45)nn23)c1. The van der Waals surface area contributed by atoms with Gasteiger partial charge in [-0.1, -0.05) is 48.5 Å². The van der Waals surface area contributed by atoms with Gasteiger partial charge in [-0.05, 0) is 35.0 Å². The van der Waals surface area contributed by atoms with Gasteiger partial charge in [-0.25, -0.2) is 0 Å². The molecule has 0 saturated carbocycles. The van der Waals surface area contributed by atoms with E-state index in [-0.39, 0.29) is 12.5 Å². The molecule has 0 spiro atoms. The van der Waals surface area contributed by atoms with Gasteiger partial charge in [0.1, 0.15) is 12.4 Å². The quantitative estimate of drug-likeness (QED) is 0.388. The van der Waals surface area contributed by atoms with E-state index in [0.717, 1.165) is 22.1 Å². The molecule has 3 aromatic carbocycles. The number of ether oxygens (including phenoxy) is 2. The van der Waals surface area contributed by atoms with Gasteiger partial charge in [0.25, 0.3) is 5.91 Å². The van der Waals surface area contributed by atoms with Crippen molar-refractivity contribution in [2.24, 2.45) is 0 Å². The third-order valence-corrected chi connectivity index (χ3v) is 5.24. The van der Waals surface area contributed by atoms with Crippen molar-refractivity contribution in [3.8, 4) is 23.0 Å². The first-order valence-electron chi connectivity index (χ1n) is 10.5. The van der Waals surface area contributed by atoms with E-state index in [2.05, 4.69) is 20.6 Å². The summed E-state index contributed by atoms with van der Waals surface area (Å²) in [5.74, 6) is 1.57. The van der Waals surface area contributed by atoms with Gasteiger partial charge in [0.15, 0.2) is 11.5 Å². The number of amides is 1. The summed E-state index contributed by atoms with van der Waals surface area (Å²) in [6.45, 7) is 0.609. The van der Waals surface area contributed by atoms with Crippen LogP contribution in [0.2, 0.25) is 0 Å². The summed E-state index contributed by atoms with van der Waals surface area (Å²) in [6, 6.07) is 24.5. The molecule has 5 rings (SSSR count). The van der Waals surface area contributed by atoms with Crippen LogP contribution in [-0.2, 0) is 0 Å². The van der Waals surface area contributed by atoms with E-state index in [1.165, 1.54) is 0 Å². The Labute approximate surface area is 189 Å². The van der Waals surface area contributed by atoms with E-state index >= 15 is 0 Å². The second-order valence-electron chi connectivity index (χ2n) is 7.33. The lowest BCUT2D eigenvalue weighted by atomic mass is 10.0. The van der Waals surface area contributed by atoms with Crippen molar-refractivity contribution in [1.82, 2.24) is 25.1 Å². The van der Waals surface area contributed by atoms with Crippen molar-refractivity contribution in [1.29, 1.82) is 0 Å². The average molecular weight is 439 g/mol. The molecule has 0 bridgehead atoms. The minimum absolute atomic E-state index is 0.141. The molecule has 0 saturated heterocycles. The standard InChI is InChI=1S/C25H21N5O3/c1-32-19-9-4-8-18(16-19)24-28-27-22-12-13-23(29-30(22)24)33-15-14-26-25(31)21-11-5-7-17-6-2-3-10-20(17)21/h2-13,16H,14-15H2,1H3,(H,26,31). The molecule has 2 aromatic heterocycles. The minimum Gasteiger partial charge on any atom is -0.497 e. The van der Waals surface area contributed by atoms with Crippen LogP contribution in [0.4, 0.5) is 0 Å². The zero-order valence-corrected chi connectivity index (χ0v) is 17.9. The van der Waals surface area contributed by atoms with Gasteiger partial charge in [-0.3, -0.25) is 4.79 Å². The maximum Gasteiger partial charge on any atom is 0.252 e. The molecule has 33 heavy (non-hydrogen) atoms. The Morgan fingerprint density at radius 3 is 2.73 bits per heavy atom. The van der Waals surface area contributed by atoms with Crippen molar-refractivity contribution < 1.29 is 14.3 Å². The summed E-state index contributed by atoms with van der Waals surface area (Å²) in [6.07, 6.45) is 0. The van der Waals surface area contributed by atoms with Crippen LogP contribution in [0.25, 0.3) is 27.8 Å². The Morgan fingerprint density at radius 1 is 0.970 bits per heavy atom. The van der Waals surface area contributed by atoms with Crippen LogP contribution in [0.1, 0.15) is 10.4 Å². The summed E-state index contributed by atoms with van der Waals surface area (Å²) in [5, 5.41) is 17.8. The number of hydrogen-bond acceptors (Lipinski definition) is 6. The Hall–Kier alpha value is -4.46. The van der Waals surface area contributed by atoms with Gasteiger partial charge in [0.05, 0.1) is 13.7 Å². The highest BCUT2D eigenvalue weighted by molar-refractivity contribution is 6.06. The molecule has 1 amide bonds. The Bertz CT molecular complexity index is 1440. The predicted octanol–water partition coefficient (Wildman–Crippen LogP) is 3.76. The Morgan fingerprint density at radius 2 is 1.82 bits per heavy atom. The largest absolute Gasteiger partial charge is 0.497 e. The normalized spacial score (nSPS) is 10.9. The third kappa shape index (κ3) is 4.18. The van der Waals surface area contributed by atoms with E-state index in [9.17, 15) is 4.79 Å². The molecular weight excluding hydrogens is 418 g/mol. The highest BCUT2D eigenvalue weighted by Gasteiger charge is 2.12. The molecule has 1 N–H and O–H groups in total. The number of carbonyl (C=O) groups excluding carboxylic acids is 1. The molecule has 0 atom stereocenters. The van der Waals surface area contributed by atoms with Crippen LogP contribution in [0.3, 0.4) is 0 Å². The molecule has 0 unspecified atom stereocenters. The summed E-state index contributed by atoms with van der Waals surface area (Å²) in [5.41, 5.74) is 2.07. The molecule has 8 nitrogen and oxygen atoms in total. The van der Waals surface area contributed by atoms with Crippen molar-refractivity contribution in [2.45, 2.75) is 0 Å². The molecule has 5 aromatic rings. The number of fused-ring (bicyclic) bond motifs is 2. The summed E-state index contributed by atoms with van der Waals surface area (Å²) >= 11 is 0. The lowest BCUT2D eigenvalue weighted by Gasteiger charge is -2.09. The van der Waals surface area contributed by atoms with E-state index in [1.807, 2.05) is 66.7 Å². The summed E-state index contributed by atoms with van der Waals surface area (Å²) < 4.78 is 12.7. The maximum atomic E-state index is 12.7. The fourth-order valence-electron chi connectivity index (χ4n) is 3.63. The van der Waals surface area contributed by atoms with Gasteiger partial charge >= 0.3 is 0 Å². The number of hydrogen-bond donors (Lipinski definition) is 1. The van der Waals surface area contributed by atoms with Crippen LogP contribution >= 0.6 is 0 Å². The Kier molecular flexibility index (Phi) is 5.55. The molecular formula is C25H21N5O3. The molecule has 0 radical (unpaired) electrons. The number of aromatic nitrogens is 4. The fourth-order valence-corrected chi connectivity index (χ4v) is 3.63. The maximum absolute atomic E-state index is 12.7. The number of methoxy groups -OCH3 is 1. The van der Waals surface area contributed by atoms with Crippen molar-refractivity contribution >= 4 is 22.3 Å². The number of nitrogens with zero attached hydrogens (tertiary/aromatic N) is 4. The smallest absolute Gasteiger partial charge is 0.252 e. The highest BCUT2D eigenvalue weighted by atomic mass is 16.5. The number of carbonyl (C=O) groups is 1. The van der Waals surface area contributed by atoms with E-state index in [4.69, 9.17) is 9.47 Å². The first kappa shape index (κ1) is 20.4. The molecule has 164 valence electrons. The molecule has 0 fully saturated rings. The number of nitrogens with one attached hydrogen (secondary N) is 1. The zero-order chi connectivity index (χ0) is 22.6. The third-order valence-electron chi connectivity index (χ3n) is 5.24. The van der Waals surface area contributed by atoms with Gasteiger partial charge in [-0.2, -0.15) is 4.52 Å². The van der Waals surface area contributed by atoms with Crippen LogP contribution < -0.4 is 14.8 Å². The van der Waals surface area contributed by atoms with Crippen LogP contribution in [0, 0.1) is 0 Å². The van der Waals surface area contributed by atoms with Gasteiger partial charge < -0.3 is 14.8 Å². The number of benzene rings is 3. The fraction of sp³-hybridized carbons (Fsp3) is 0.120. The van der Waals surface area contributed by atoms with Crippen LogP contribution in [0.15, 0.2) is 78.9 Å². The monoisotopic (exact) mass is 439 g/mol. The van der Waals surface area contributed by atoms with E-state index in [1.54, 1.807) is 23.8 Å². The topological polar surface area (TPSA) is 90.6 Å². The Balaban J connectivity index is 1.26. The second-order valence-corrected chi connectivity index (χ2v) is 7.33. The first-order valence-corrected chi connectivity index (χ1v) is 10.5. The van der Waals surface area contributed by atoms with Gasteiger partial charge in [-0.15, -0.1) is 15.3 Å². The first-order chi connectivity index (χ1) is 16.2.